The van der Waals surface area contributed by atoms with Crippen molar-refractivity contribution in [2.75, 3.05) is 0 Å². The van der Waals surface area contributed by atoms with Crippen LogP contribution in [0.25, 0.3) is 0 Å². The second-order valence-electron chi connectivity index (χ2n) is 5.25. The molecule has 0 amide bonds. The topological polar surface area (TPSA) is 57.5 Å². The van der Waals surface area contributed by atoms with Crippen LogP contribution in [-0.2, 0) is 4.79 Å². The summed E-state index contributed by atoms with van der Waals surface area (Å²) in [5.74, 6) is 2.68. The van der Waals surface area contributed by atoms with Gasteiger partial charge in [-0.2, -0.15) is 0 Å². The third-order valence-electron chi connectivity index (χ3n) is 4.01. The fraction of sp³-hybridized carbons (Fsp3) is 0.909. The van der Waals surface area contributed by atoms with Gasteiger partial charge < -0.3 is 10.2 Å². The molecule has 0 aromatic carbocycles. The first-order chi connectivity index (χ1) is 6.65. The molecule has 4 aliphatic carbocycles. The highest BCUT2D eigenvalue weighted by molar-refractivity contribution is 5.32. The van der Waals surface area contributed by atoms with Gasteiger partial charge in [-0.1, -0.05) is 0 Å². The fourth-order valence-electron chi connectivity index (χ4n) is 4.06. The van der Waals surface area contributed by atoms with Crippen molar-refractivity contribution < 1.29 is 15.0 Å². The lowest BCUT2D eigenvalue weighted by atomic mass is 9.54. The molecule has 3 nitrogen and oxygen atoms in total. The molecular formula is C11H18O3. The SMILES string of the molecule is O=CO.OC12CC3CC(CC(C3)C1)C2. The lowest BCUT2D eigenvalue weighted by Crippen LogP contribution is -2.50. The molecule has 4 bridgehead atoms. The maximum absolute atomic E-state index is 10.1. The number of carbonyl (C=O) groups is 1. The van der Waals surface area contributed by atoms with Crippen LogP contribution in [0.15, 0.2) is 0 Å². The minimum absolute atomic E-state index is 0.200. The van der Waals surface area contributed by atoms with Crippen molar-refractivity contribution >= 4 is 6.47 Å². The lowest BCUT2D eigenvalue weighted by molar-refractivity contribution is -0.124. The first kappa shape index (κ1) is 9.97. The summed E-state index contributed by atoms with van der Waals surface area (Å²) in [7, 11) is 0. The van der Waals surface area contributed by atoms with Crippen LogP contribution in [0.4, 0.5) is 0 Å². The van der Waals surface area contributed by atoms with Gasteiger partial charge >= 0.3 is 0 Å². The normalized spacial score (nSPS) is 48.2. The molecule has 3 heteroatoms. The molecule has 0 atom stereocenters. The van der Waals surface area contributed by atoms with Crippen LogP contribution in [0, 0.1) is 17.8 Å². The third-order valence-corrected chi connectivity index (χ3v) is 4.01. The van der Waals surface area contributed by atoms with Crippen molar-refractivity contribution in [3.8, 4) is 0 Å². The smallest absolute Gasteiger partial charge is 0.290 e. The van der Waals surface area contributed by atoms with Crippen molar-refractivity contribution in [3.63, 3.8) is 0 Å². The molecule has 0 unspecified atom stereocenters. The Morgan fingerprint density at radius 2 is 1.29 bits per heavy atom. The Kier molecular flexibility index (Phi) is 2.52. The van der Waals surface area contributed by atoms with E-state index in [-0.39, 0.29) is 12.1 Å². The number of hydrogen-bond donors (Lipinski definition) is 2. The van der Waals surface area contributed by atoms with Crippen LogP contribution in [0.2, 0.25) is 0 Å². The predicted molar refractivity (Wildman–Crippen MR) is 51.8 cm³/mol. The van der Waals surface area contributed by atoms with Gasteiger partial charge in [-0.3, -0.25) is 4.79 Å². The van der Waals surface area contributed by atoms with Crippen LogP contribution in [0.3, 0.4) is 0 Å². The second kappa shape index (κ2) is 3.54. The van der Waals surface area contributed by atoms with Crippen molar-refractivity contribution in [2.45, 2.75) is 44.1 Å². The molecule has 2 N–H and O–H groups in total. The lowest BCUT2D eigenvalue weighted by Gasteiger charge is -2.54. The molecule has 0 aliphatic heterocycles. The second-order valence-corrected chi connectivity index (χ2v) is 5.25. The van der Waals surface area contributed by atoms with Gasteiger partial charge in [-0.05, 0) is 56.3 Å². The molecule has 0 spiro atoms. The summed E-state index contributed by atoms with van der Waals surface area (Å²) in [6.45, 7) is -0.250. The molecular weight excluding hydrogens is 180 g/mol. The van der Waals surface area contributed by atoms with Crippen LogP contribution in [0.5, 0.6) is 0 Å². The fourth-order valence-corrected chi connectivity index (χ4v) is 4.06. The summed E-state index contributed by atoms with van der Waals surface area (Å²) < 4.78 is 0. The van der Waals surface area contributed by atoms with Gasteiger partial charge in [0.25, 0.3) is 6.47 Å². The van der Waals surface area contributed by atoms with Crippen LogP contribution in [0.1, 0.15) is 38.5 Å². The van der Waals surface area contributed by atoms with Crippen molar-refractivity contribution in [1.29, 1.82) is 0 Å². The van der Waals surface area contributed by atoms with Crippen molar-refractivity contribution in [1.82, 2.24) is 0 Å². The Hall–Kier alpha value is -0.570. The maximum Gasteiger partial charge on any atom is 0.290 e. The monoisotopic (exact) mass is 198 g/mol. The molecule has 4 aliphatic rings. The Morgan fingerprint density at radius 3 is 1.50 bits per heavy atom. The molecule has 4 saturated carbocycles. The quantitative estimate of drug-likeness (QED) is 0.582. The van der Waals surface area contributed by atoms with Crippen molar-refractivity contribution in [2.24, 2.45) is 17.8 Å². The standard InChI is InChI=1S/C10H16O.CH2O2/c11-10-4-7-1-8(5-10)3-9(2-7)6-10;2-1-3/h7-9,11H,1-6H2;1H,(H,2,3). The molecule has 0 heterocycles. The molecule has 0 radical (unpaired) electrons. The number of aliphatic hydroxyl groups is 1. The van der Waals surface area contributed by atoms with Gasteiger partial charge in [0.1, 0.15) is 0 Å². The van der Waals surface area contributed by atoms with E-state index in [4.69, 9.17) is 9.90 Å². The minimum atomic E-state index is -0.250. The largest absolute Gasteiger partial charge is 0.483 e. The van der Waals surface area contributed by atoms with Gasteiger partial charge in [0.15, 0.2) is 0 Å². The molecule has 14 heavy (non-hydrogen) atoms. The number of rotatable bonds is 0. The Bertz CT molecular complexity index is 189. The summed E-state index contributed by atoms with van der Waals surface area (Å²) in [5, 5.41) is 17.0. The zero-order valence-electron chi connectivity index (χ0n) is 8.35. The van der Waals surface area contributed by atoms with Gasteiger partial charge in [0.2, 0.25) is 0 Å². The van der Waals surface area contributed by atoms with Gasteiger partial charge in [0, 0.05) is 0 Å². The van der Waals surface area contributed by atoms with E-state index < -0.39 is 0 Å². The van der Waals surface area contributed by atoms with E-state index >= 15 is 0 Å². The average Bonchev–Trinajstić information content (AvgIpc) is 1.99. The van der Waals surface area contributed by atoms with E-state index in [1.54, 1.807) is 0 Å². The van der Waals surface area contributed by atoms with Crippen LogP contribution in [-0.4, -0.2) is 22.3 Å². The molecule has 80 valence electrons. The molecule has 0 saturated heterocycles. The maximum atomic E-state index is 10.1. The summed E-state index contributed by atoms with van der Waals surface area (Å²) in [6, 6.07) is 0. The zero-order valence-corrected chi connectivity index (χ0v) is 8.35. The van der Waals surface area contributed by atoms with E-state index in [2.05, 4.69) is 0 Å². The number of carboxylic acid groups (broad SMARTS) is 1. The third kappa shape index (κ3) is 1.78. The van der Waals surface area contributed by atoms with E-state index in [1.807, 2.05) is 0 Å². The van der Waals surface area contributed by atoms with Gasteiger partial charge in [-0.25, -0.2) is 0 Å². The highest BCUT2D eigenvalue weighted by atomic mass is 16.3. The Balaban J connectivity index is 0.000000226. The first-order valence-corrected chi connectivity index (χ1v) is 5.45. The van der Waals surface area contributed by atoms with E-state index in [0.29, 0.717) is 0 Å². The summed E-state index contributed by atoms with van der Waals surface area (Å²) in [6.07, 6.45) is 7.66. The summed E-state index contributed by atoms with van der Waals surface area (Å²) in [4.78, 5) is 8.36. The van der Waals surface area contributed by atoms with Gasteiger partial charge in [-0.15, -0.1) is 0 Å². The minimum Gasteiger partial charge on any atom is -0.483 e. The summed E-state index contributed by atoms with van der Waals surface area (Å²) >= 11 is 0. The first-order valence-electron chi connectivity index (χ1n) is 5.45. The Morgan fingerprint density at radius 1 is 1.00 bits per heavy atom. The molecule has 0 aromatic heterocycles. The van der Waals surface area contributed by atoms with Crippen molar-refractivity contribution in [3.05, 3.63) is 0 Å². The number of hydrogen-bond acceptors (Lipinski definition) is 2. The Labute approximate surface area is 84.1 Å². The highest BCUT2D eigenvalue weighted by Crippen LogP contribution is 2.55. The zero-order chi connectivity index (χ0) is 10.2. The molecule has 4 rings (SSSR count). The molecule has 4 fully saturated rings. The summed E-state index contributed by atoms with van der Waals surface area (Å²) in [5.41, 5.74) is -0.200. The predicted octanol–water partition coefficient (Wildman–Crippen LogP) is 1.65. The van der Waals surface area contributed by atoms with E-state index in [1.165, 1.54) is 19.3 Å². The van der Waals surface area contributed by atoms with Crippen LogP contribution < -0.4 is 0 Å². The molecule has 0 aromatic rings. The van der Waals surface area contributed by atoms with Crippen LogP contribution >= 0.6 is 0 Å². The van der Waals surface area contributed by atoms with E-state index in [9.17, 15) is 5.11 Å². The highest BCUT2D eigenvalue weighted by Gasteiger charge is 2.49. The van der Waals surface area contributed by atoms with Gasteiger partial charge in [0.05, 0.1) is 5.60 Å². The van der Waals surface area contributed by atoms with E-state index in [0.717, 1.165) is 37.0 Å². The average molecular weight is 198 g/mol.